The topological polar surface area (TPSA) is 23.5 Å². The summed E-state index contributed by atoms with van der Waals surface area (Å²) in [5.74, 6) is 0. The van der Waals surface area contributed by atoms with Gasteiger partial charge in [0, 0.05) is 0 Å². The second-order valence-corrected chi connectivity index (χ2v) is 5.99. The molecule has 0 fully saturated rings. The van der Waals surface area contributed by atoms with Crippen LogP contribution in [-0.4, -0.2) is 29.2 Å². The minimum absolute atomic E-state index is 0.207. The first kappa shape index (κ1) is 15.5. The lowest BCUT2D eigenvalue weighted by Gasteiger charge is -2.39. The fraction of sp³-hybridized carbons (Fsp3) is 0.667. The van der Waals surface area contributed by atoms with Crippen LogP contribution in [-0.2, 0) is 6.42 Å². The zero-order valence-electron chi connectivity index (χ0n) is 13.0. The molecule has 1 N–H and O–H groups in total. The van der Waals surface area contributed by atoms with Gasteiger partial charge in [0.2, 0.25) is 0 Å². The predicted octanol–water partition coefficient (Wildman–Crippen LogP) is 3.94. The number of nitrogens with zero attached hydrogens (tertiary/aromatic N) is 1. The van der Waals surface area contributed by atoms with Crippen molar-refractivity contribution >= 4 is 0 Å². The molecule has 1 aromatic rings. The molecule has 20 heavy (non-hydrogen) atoms. The maximum Gasteiger partial charge on any atom is 0.0740 e. The highest BCUT2D eigenvalue weighted by molar-refractivity contribution is 5.33. The molecule has 1 aromatic carbocycles. The predicted molar refractivity (Wildman–Crippen MR) is 84.9 cm³/mol. The van der Waals surface area contributed by atoms with Crippen molar-refractivity contribution in [2.75, 3.05) is 13.1 Å². The van der Waals surface area contributed by atoms with Crippen LogP contribution in [0.15, 0.2) is 24.3 Å². The van der Waals surface area contributed by atoms with Crippen LogP contribution in [0.2, 0.25) is 0 Å². The van der Waals surface area contributed by atoms with E-state index in [4.69, 9.17) is 0 Å². The molecular formula is C18H29NO. The summed E-state index contributed by atoms with van der Waals surface area (Å²) in [7, 11) is 0. The first-order valence-electron chi connectivity index (χ1n) is 8.27. The molecule has 0 aromatic heterocycles. The molecule has 112 valence electrons. The SMILES string of the molecule is CCCCN(CCCC)[C@H]1c2ccccc2CC[C@H]1O. The van der Waals surface area contributed by atoms with E-state index in [-0.39, 0.29) is 12.1 Å². The zero-order chi connectivity index (χ0) is 14.4. The van der Waals surface area contributed by atoms with Crippen LogP contribution >= 0.6 is 0 Å². The summed E-state index contributed by atoms with van der Waals surface area (Å²) >= 11 is 0. The molecule has 2 heteroatoms. The maximum atomic E-state index is 10.5. The third-order valence-electron chi connectivity index (χ3n) is 4.44. The first-order valence-corrected chi connectivity index (χ1v) is 8.27. The van der Waals surface area contributed by atoms with Crippen LogP contribution in [0.4, 0.5) is 0 Å². The number of aryl methyl sites for hydroxylation is 1. The normalized spacial score (nSPS) is 22.0. The van der Waals surface area contributed by atoms with Gasteiger partial charge in [0.1, 0.15) is 0 Å². The van der Waals surface area contributed by atoms with Crippen LogP contribution in [0.3, 0.4) is 0 Å². The lowest BCUT2D eigenvalue weighted by atomic mass is 9.84. The van der Waals surface area contributed by atoms with E-state index in [0.717, 1.165) is 25.9 Å². The Morgan fingerprint density at radius 2 is 1.75 bits per heavy atom. The molecule has 2 rings (SSSR count). The van der Waals surface area contributed by atoms with E-state index < -0.39 is 0 Å². The molecule has 0 heterocycles. The van der Waals surface area contributed by atoms with Gasteiger partial charge in [0.15, 0.2) is 0 Å². The maximum absolute atomic E-state index is 10.5. The number of unbranched alkanes of at least 4 members (excludes halogenated alkanes) is 2. The molecule has 2 atom stereocenters. The zero-order valence-corrected chi connectivity index (χ0v) is 13.0. The highest BCUT2D eigenvalue weighted by Gasteiger charge is 2.31. The molecule has 0 saturated carbocycles. The second kappa shape index (κ2) is 7.80. The van der Waals surface area contributed by atoms with Gasteiger partial charge in [-0.05, 0) is 49.9 Å². The van der Waals surface area contributed by atoms with Crippen LogP contribution in [0.1, 0.15) is 63.1 Å². The standard InChI is InChI=1S/C18H29NO/c1-3-5-13-19(14-6-4-2)18-16-10-8-7-9-15(16)11-12-17(18)20/h7-10,17-18,20H,3-6,11-14H2,1-2H3/t17-,18+/m1/s1. The van der Waals surface area contributed by atoms with Crippen molar-refractivity contribution in [2.24, 2.45) is 0 Å². The van der Waals surface area contributed by atoms with Crippen LogP contribution in [0, 0.1) is 0 Å². The highest BCUT2D eigenvalue weighted by Crippen LogP contribution is 2.34. The number of hydrogen-bond acceptors (Lipinski definition) is 2. The molecule has 0 unspecified atom stereocenters. The first-order chi connectivity index (χ1) is 9.77. The number of benzene rings is 1. The molecule has 0 bridgehead atoms. The molecule has 0 radical (unpaired) electrons. The van der Waals surface area contributed by atoms with Crippen molar-refractivity contribution in [1.29, 1.82) is 0 Å². The van der Waals surface area contributed by atoms with Gasteiger partial charge in [-0.25, -0.2) is 0 Å². The molecule has 0 amide bonds. The van der Waals surface area contributed by atoms with Gasteiger partial charge in [-0.2, -0.15) is 0 Å². The Bertz CT molecular complexity index is 396. The average molecular weight is 275 g/mol. The molecule has 0 aliphatic heterocycles. The van der Waals surface area contributed by atoms with Gasteiger partial charge in [0.05, 0.1) is 12.1 Å². The van der Waals surface area contributed by atoms with E-state index in [2.05, 4.69) is 43.0 Å². The summed E-state index contributed by atoms with van der Waals surface area (Å²) in [5.41, 5.74) is 2.79. The monoisotopic (exact) mass is 275 g/mol. The fourth-order valence-corrected chi connectivity index (χ4v) is 3.27. The summed E-state index contributed by atoms with van der Waals surface area (Å²) in [6.07, 6.45) is 6.57. The van der Waals surface area contributed by atoms with E-state index in [0.29, 0.717) is 0 Å². The fourth-order valence-electron chi connectivity index (χ4n) is 3.27. The number of fused-ring (bicyclic) bond motifs is 1. The largest absolute Gasteiger partial charge is 0.391 e. The van der Waals surface area contributed by atoms with Crippen LogP contribution in [0.5, 0.6) is 0 Å². The number of aliphatic hydroxyl groups is 1. The van der Waals surface area contributed by atoms with E-state index >= 15 is 0 Å². The van der Waals surface area contributed by atoms with Crippen LogP contribution in [0.25, 0.3) is 0 Å². The Balaban J connectivity index is 2.20. The smallest absolute Gasteiger partial charge is 0.0740 e. The van der Waals surface area contributed by atoms with E-state index in [1.54, 1.807) is 0 Å². The number of aliphatic hydroxyl groups excluding tert-OH is 1. The third kappa shape index (κ3) is 3.62. The van der Waals surface area contributed by atoms with Gasteiger partial charge >= 0.3 is 0 Å². The third-order valence-corrected chi connectivity index (χ3v) is 4.44. The minimum atomic E-state index is -0.210. The second-order valence-electron chi connectivity index (χ2n) is 5.99. The molecule has 1 aliphatic rings. The Morgan fingerprint density at radius 3 is 2.40 bits per heavy atom. The Kier molecular flexibility index (Phi) is 6.06. The van der Waals surface area contributed by atoms with Crippen molar-refractivity contribution < 1.29 is 5.11 Å². The molecule has 0 saturated heterocycles. The van der Waals surface area contributed by atoms with Crippen molar-refractivity contribution in [3.8, 4) is 0 Å². The van der Waals surface area contributed by atoms with Crippen molar-refractivity contribution in [2.45, 2.75) is 64.5 Å². The summed E-state index contributed by atoms with van der Waals surface area (Å²) in [6.45, 7) is 6.69. The Labute approximate surface area is 123 Å². The van der Waals surface area contributed by atoms with Gasteiger partial charge in [-0.1, -0.05) is 51.0 Å². The van der Waals surface area contributed by atoms with Crippen molar-refractivity contribution in [1.82, 2.24) is 4.90 Å². The molecule has 1 aliphatic carbocycles. The van der Waals surface area contributed by atoms with Gasteiger partial charge in [-0.3, -0.25) is 4.90 Å². The highest BCUT2D eigenvalue weighted by atomic mass is 16.3. The summed E-state index contributed by atoms with van der Waals surface area (Å²) in [4.78, 5) is 2.52. The average Bonchev–Trinajstić information content (AvgIpc) is 2.48. The summed E-state index contributed by atoms with van der Waals surface area (Å²) < 4.78 is 0. The number of rotatable bonds is 7. The molecule has 0 spiro atoms. The number of hydrogen-bond donors (Lipinski definition) is 1. The van der Waals surface area contributed by atoms with Crippen molar-refractivity contribution in [3.63, 3.8) is 0 Å². The minimum Gasteiger partial charge on any atom is -0.391 e. The quantitative estimate of drug-likeness (QED) is 0.815. The van der Waals surface area contributed by atoms with Gasteiger partial charge < -0.3 is 5.11 Å². The summed E-state index contributed by atoms with van der Waals surface area (Å²) in [5, 5.41) is 10.5. The lowest BCUT2D eigenvalue weighted by Crippen LogP contribution is -2.40. The van der Waals surface area contributed by atoms with Gasteiger partial charge in [0.25, 0.3) is 0 Å². The lowest BCUT2D eigenvalue weighted by molar-refractivity contribution is 0.0338. The van der Waals surface area contributed by atoms with Crippen LogP contribution < -0.4 is 0 Å². The van der Waals surface area contributed by atoms with E-state index in [1.165, 1.54) is 36.8 Å². The Morgan fingerprint density at radius 1 is 1.10 bits per heavy atom. The van der Waals surface area contributed by atoms with Crippen molar-refractivity contribution in [3.05, 3.63) is 35.4 Å². The van der Waals surface area contributed by atoms with E-state index in [9.17, 15) is 5.11 Å². The van der Waals surface area contributed by atoms with E-state index in [1.807, 2.05) is 0 Å². The van der Waals surface area contributed by atoms with Gasteiger partial charge in [-0.15, -0.1) is 0 Å². The Hall–Kier alpha value is -0.860. The molecular weight excluding hydrogens is 246 g/mol. The summed E-state index contributed by atoms with van der Waals surface area (Å²) in [6, 6.07) is 8.88. The molecule has 2 nitrogen and oxygen atoms in total.